The molecule has 1 N–H and O–H groups in total. The summed E-state index contributed by atoms with van der Waals surface area (Å²) in [4.78, 5) is 26.4. The Morgan fingerprint density at radius 2 is 2.00 bits per heavy atom. The predicted molar refractivity (Wildman–Crippen MR) is 106 cm³/mol. The molecule has 140 valence electrons. The van der Waals surface area contributed by atoms with Crippen LogP contribution in [0.25, 0.3) is 10.2 Å². The van der Waals surface area contributed by atoms with Gasteiger partial charge in [0.1, 0.15) is 10.7 Å². The van der Waals surface area contributed by atoms with Gasteiger partial charge in [0.25, 0.3) is 5.91 Å². The largest absolute Gasteiger partial charge is 0.351 e. The van der Waals surface area contributed by atoms with Crippen molar-refractivity contribution in [1.29, 1.82) is 0 Å². The van der Waals surface area contributed by atoms with Crippen molar-refractivity contribution < 1.29 is 4.79 Å². The number of hydrogen-bond donors (Lipinski definition) is 1. The van der Waals surface area contributed by atoms with Gasteiger partial charge in [-0.15, -0.1) is 11.3 Å². The zero-order valence-corrected chi connectivity index (χ0v) is 16.8. The maximum Gasteiger partial charge on any atom is 0.261 e. The van der Waals surface area contributed by atoms with E-state index in [1.807, 2.05) is 13.8 Å². The van der Waals surface area contributed by atoms with Crippen molar-refractivity contribution in [2.45, 2.75) is 52.4 Å². The lowest BCUT2D eigenvalue weighted by Crippen LogP contribution is -2.34. The number of carbonyl (C=O) groups excluding carboxylic acids is 1. The van der Waals surface area contributed by atoms with E-state index in [-0.39, 0.29) is 5.91 Å². The minimum atomic E-state index is 0.0335. The quantitative estimate of drug-likeness (QED) is 0.841. The van der Waals surface area contributed by atoms with Crippen molar-refractivity contribution >= 4 is 27.5 Å². The molecule has 3 heterocycles. The number of carbonyl (C=O) groups is 1. The van der Waals surface area contributed by atoms with Gasteiger partial charge in [0, 0.05) is 24.4 Å². The molecule has 2 aromatic rings. The van der Waals surface area contributed by atoms with Gasteiger partial charge in [0.15, 0.2) is 0 Å². The summed E-state index contributed by atoms with van der Waals surface area (Å²) >= 11 is 1.52. The van der Waals surface area contributed by atoms with Gasteiger partial charge in [-0.2, -0.15) is 0 Å². The van der Waals surface area contributed by atoms with E-state index in [0.29, 0.717) is 11.8 Å². The highest BCUT2D eigenvalue weighted by molar-refractivity contribution is 7.20. The summed E-state index contributed by atoms with van der Waals surface area (Å²) < 4.78 is 0. The van der Waals surface area contributed by atoms with Crippen LogP contribution in [0.5, 0.6) is 0 Å². The first-order valence-electron chi connectivity index (χ1n) is 9.81. The second kappa shape index (κ2) is 7.24. The minimum Gasteiger partial charge on any atom is -0.351 e. The fourth-order valence-corrected chi connectivity index (χ4v) is 5.07. The Hall–Kier alpha value is -1.53. The third kappa shape index (κ3) is 3.62. The number of fused-ring (bicyclic) bond motifs is 1. The van der Waals surface area contributed by atoms with Crippen molar-refractivity contribution in [2.75, 3.05) is 26.2 Å². The van der Waals surface area contributed by atoms with Gasteiger partial charge >= 0.3 is 0 Å². The average Bonchev–Trinajstić information content (AvgIpc) is 3.24. The van der Waals surface area contributed by atoms with Gasteiger partial charge in [-0.25, -0.2) is 9.97 Å². The second-order valence-electron chi connectivity index (χ2n) is 8.00. The lowest BCUT2D eigenvalue weighted by molar-refractivity contribution is 0.0948. The van der Waals surface area contributed by atoms with E-state index in [4.69, 9.17) is 4.98 Å². The minimum absolute atomic E-state index is 0.0335. The summed E-state index contributed by atoms with van der Waals surface area (Å²) in [5, 5.41) is 4.20. The van der Waals surface area contributed by atoms with Crippen LogP contribution in [0.2, 0.25) is 0 Å². The summed E-state index contributed by atoms with van der Waals surface area (Å²) in [5.74, 6) is 1.99. The maximum atomic E-state index is 12.8. The number of thiophene rings is 1. The van der Waals surface area contributed by atoms with Crippen LogP contribution in [0.15, 0.2) is 0 Å². The van der Waals surface area contributed by atoms with Gasteiger partial charge in [0.2, 0.25) is 0 Å². The van der Waals surface area contributed by atoms with E-state index < -0.39 is 0 Å². The molecule has 1 aliphatic carbocycles. The van der Waals surface area contributed by atoms with Crippen LogP contribution in [-0.2, 0) is 0 Å². The highest BCUT2D eigenvalue weighted by Gasteiger charge is 2.28. The maximum absolute atomic E-state index is 12.8. The zero-order valence-electron chi connectivity index (χ0n) is 16.0. The third-order valence-corrected chi connectivity index (χ3v) is 6.70. The van der Waals surface area contributed by atoms with E-state index in [2.05, 4.69) is 22.1 Å². The Morgan fingerprint density at radius 3 is 2.69 bits per heavy atom. The molecule has 26 heavy (non-hydrogen) atoms. The van der Waals surface area contributed by atoms with Gasteiger partial charge in [-0.1, -0.05) is 6.92 Å². The molecule has 2 aromatic heterocycles. The Bertz CT molecular complexity index is 821. The average molecular weight is 373 g/mol. The van der Waals surface area contributed by atoms with Gasteiger partial charge in [0.05, 0.1) is 10.6 Å². The summed E-state index contributed by atoms with van der Waals surface area (Å²) in [7, 11) is 0. The molecule has 5 nitrogen and oxygen atoms in total. The third-order valence-electron chi connectivity index (χ3n) is 5.52. The molecule has 1 saturated carbocycles. The number of amides is 1. The highest BCUT2D eigenvalue weighted by atomic mass is 32.1. The van der Waals surface area contributed by atoms with Crippen LogP contribution in [-0.4, -0.2) is 47.0 Å². The Kier molecular flexibility index (Phi) is 4.97. The summed E-state index contributed by atoms with van der Waals surface area (Å²) in [6.07, 6.45) is 5.00. The molecule has 0 radical (unpaired) electrons. The molecule has 4 rings (SSSR count). The highest BCUT2D eigenvalue weighted by Crippen LogP contribution is 2.40. The first kappa shape index (κ1) is 17.9. The molecule has 0 spiro atoms. The zero-order chi connectivity index (χ0) is 18.3. The number of hydrogen-bond acceptors (Lipinski definition) is 5. The summed E-state index contributed by atoms with van der Waals surface area (Å²) in [6, 6.07) is 0. The molecular formula is C20H28N4OS. The van der Waals surface area contributed by atoms with Gasteiger partial charge in [-0.05, 0) is 64.1 Å². The predicted octanol–water partition coefficient (Wildman–Crippen LogP) is 3.65. The lowest BCUT2D eigenvalue weighted by atomic mass is 10.1. The molecule has 1 saturated heterocycles. The molecule has 2 fully saturated rings. The number of nitrogens with zero attached hydrogens (tertiary/aromatic N) is 3. The Balaban J connectivity index is 1.46. The molecule has 1 amide bonds. The number of likely N-dealkylation sites (tertiary alicyclic amines) is 1. The first-order valence-corrected chi connectivity index (χ1v) is 10.6. The van der Waals surface area contributed by atoms with E-state index >= 15 is 0 Å². The van der Waals surface area contributed by atoms with Crippen molar-refractivity contribution in [3.05, 3.63) is 22.0 Å². The molecule has 6 heteroatoms. The van der Waals surface area contributed by atoms with E-state index in [1.54, 1.807) is 0 Å². The van der Waals surface area contributed by atoms with Crippen molar-refractivity contribution in [1.82, 2.24) is 20.2 Å². The van der Waals surface area contributed by atoms with E-state index in [0.717, 1.165) is 45.3 Å². The van der Waals surface area contributed by atoms with Gasteiger partial charge < -0.3 is 10.2 Å². The number of aryl methyl sites for hydroxylation is 2. The molecule has 2 aliphatic rings. The standard InChI is InChI=1S/C20H28N4OS/c1-12(11-24-8-4-5-9-24)10-21-19(25)17-13(2)16-14(3)22-18(15-6-7-15)23-20(16)26-17/h12,15H,4-11H2,1-3H3,(H,21,25). The van der Waals surface area contributed by atoms with Crippen molar-refractivity contribution in [2.24, 2.45) is 5.92 Å². The molecule has 1 atom stereocenters. The van der Waals surface area contributed by atoms with Crippen molar-refractivity contribution in [3.63, 3.8) is 0 Å². The first-order chi connectivity index (χ1) is 12.5. The molecule has 1 unspecified atom stereocenters. The second-order valence-corrected chi connectivity index (χ2v) is 9.00. The lowest BCUT2D eigenvalue weighted by Gasteiger charge is -2.20. The fraction of sp³-hybridized carbons (Fsp3) is 0.650. The Morgan fingerprint density at radius 1 is 1.27 bits per heavy atom. The molecule has 0 aromatic carbocycles. The van der Waals surface area contributed by atoms with E-state index in [9.17, 15) is 4.79 Å². The van der Waals surface area contributed by atoms with Crippen LogP contribution in [0.3, 0.4) is 0 Å². The fourth-order valence-electron chi connectivity index (χ4n) is 3.92. The number of rotatable bonds is 6. The van der Waals surface area contributed by atoms with Gasteiger partial charge in [-0.3, -0.25) is 4.79 Å². The van der Waals surface area contributed by atoms with Crippen LogP contribution in [0.4, 0.5) is 0 Å². The monoisotopic (exact) mass is 372 g/mol. The topological polar surface area (TPSA) is 58.1 Å². The smallest absolute Gasteiger partial charge is 0.261 e. The molecule has 1 aliphatic heterocycles. The number of aromatic nitrogens is 2. The number of nitrogens with one attached hydrogen (secondary N) is 1. The Labute approximate surface area is 159 Å². The summed E-state index contributed by atoms with van der Waals surface area (Å²) in [5.41, 5.74) is 2.03. The van der Waals surface area contributed by atoms with Crippen molar-refractivity contribution in [3.8, 4) is 0 Å². The van der Waals surface area contributed by atoms with Crippen LogP contribution in [0, 0.1) is 19.8 Å². The molecular weight excluding hydrogens is 344 g/mol. The molecule has 0 bridgehead atoms. The van der Waals surface area contributed by atoms with Crippen LogP contribution in [0.1, 0.15) is 65.3 Å². The van der Waals surface area contributed by atoms with E-state index in [1.165, 1.54) is 50.1 Å². The van der Waals surface area contributed by atoms with Crippen LogP contribution >= 0.6 is 11.3 Å². The SMILES string of the molecule is Cc1nc(C2CC2)nc2sc(C(=O)NCC(C)CN3CCCC3)c(C)c12. The summed E-state index contributed by atoms with van der Waals surface area (Å²) in [6.45, 7) is 10.5. The van der Waals surface area contributed by atoms with Crippen LogP contribution < -0.4 is 5.32 Å². The normalized spacial score (nSPS) is 19.2.